The lowest BCUT2D eigenvalue weighted by atomic mass is 9.74. The molecule has 1 unspecified atom stereocenters. The molecule has 0 radical (unpaired) electrons. The predicted molar refractivity (Wildman–Crippen MR) is 115 cm³/mol. The standard InChI is InChI=1S/C24H25N5O/c1-24(2)13-20(19-15-26-29(21(19)14-24)18-11-7-4-8-12-18)25-16-22-27-23(28-30-22)17-9-5-3-6-10-17/h3-12,15,20,25H,13-14,16H2,1-2H3. The molecule has 0 saturated carbocycles. The Kier molecular flexibility index (Phi) is 4.71. The molecule has 2 heterocycles. The second kappa shape index (κ2) is 7.54. The first-order valence-electron chi connectivity index (χ1n) is 10.3. The molecule has 4 aromatic rings. The van der Waals surface area contributed by atoms with Gasteiger partial charge in [0.1, 0.15) is 0 Å². The van der Waals surface area contributed by atoms with Crippen LogP contribution in [0, 0.1) is 5.41 Å². The fourth-order valence-electron chi connectivity index (χ4n) is 4.26. The number of para-hydroxylation sites is 1. The second-order valence-electron chi connectivity index (χ2n) is 8.65. The molecule has 0 aliphatic heterocycles. The van der Waals surface area contributed by atoms with Crippen molar-refractivity contribution in [2.75, 3.05) is 0 Å². The number of fused-ring (bicyclic) bond motifs is 1. The number of rotatable bonds is 5. The van der Waals surface area contributed by atoms with Crippen LogP contribution in [0.15, 0.2) is 71.4 Å². The zero-order chi connectivity index (χ0) is 20.6. The monoisotopic (exact) mass is 399 g/mol. The quantitative estimate of drug-likeness (QED) is 0.526. The van der Waals surface area contributed by atoms with E-state index >= 15 is 0 Å². The van der Waals surface area contributed by atoms with Gasteiger partial charge in [-0.25, -0.2) is 4.68 Å². The summed E-state index contributed by atoms with van der Waals surface area (Å²) in [6, 6.07) is 20.4. The molecule has 5 rings (SSSR count). The third-order valence-corrected chi connectivity index (χ3v) is 5.68. The molecule has 1 N–H and O–H groups in total. The summed E-state index contributed by atoms with van der Waals surface area (Å²) in [7, 11) is 0. The van der Waals surface area contributed by atoms with E-state index in [4.69, 9.17) is 9.62 Å². The van der Waals surface area contributed by atoms with Crippen molar-refractivity contribution in [1.82, 2.24) is 25.2 Å². The number of hydrogen-bond acceptors (Lipinski definition) is 5. The summed E-state index contributed by atoms with van der Waals surface area (Å²) in [4.78, 5) is 4.55. The Bertz CT molecular complexity index is 1130. The van der Waals surface area contributed by atoms with E-state index in [1.807, 2.05) is 54.7 Å². The summed E-state index contributed by atoms with van der Waals surface area (Å²) in [6.07, 6.45) is 4.02. The molecule has 2 aromatic carbocycles. The molecule has 1 atom stereocenters. The molecule has 30 heavy (non-hydrogen) atoms. The minimum Gasteiger partial charge on any atom is -0.338 e. The summed E-state index contributed by atoms with van der Waals surface area (Å²) < 4.78 is 7.55. The first-order valence-corrected chi connectivity index (χ1v) is 10.3. The van der Waals surface area contributed by atoms with Crippen LogP contribution in [-0.2, 0) is 13.0 Å². The highest BCUT2D eigenvalue weighted by molar-refractivity contribution is 5.53. The molecule has 1 aliphatic carbocycles. The highest BCUT2D eigenvalue weighted by Gasteiger charge is 2.35. The van der Waals surface area contributed by atoms with Gasteiger partial charge in [0.05, 0.1) is 18.4 Å². The maximum atomic E-state index is 5.48. The molecule has 1 aliphatic rings. The Morgan fingerprint density at radius 3 is 2.57 bits per heavy atom. The van der Waals surface area contributed by atoms with Crippen molar-refractivity contribution in [2.24, 2.45) is 5.41 Å². The van der Waals surface area contributed by atoms with E-state index < -0.39 is 0 Å². The molecular formula is C24H25N5O. The molecular weight excluding hydrogens is 374 g/mol. The molecule has 0 fully saturated rings. The summed E-state index contributed by atoms with van der Waals surface area (Å²) in [5.41, 5.74) is 4.74. The normalized spacial score (nSPS) is 17.6. The molecule has 6 heteroatoms. The van der Waals surface area contributed by atoms with Crippen molar-refractivity contribution < 1.29 is 4.52 Å². The van der Waals surface area contributed by atoms with Gasteiger partial charge in [0.25, 0.3) is 0 Å². The molecule has 152 valence electrons. The van der Waals surface area contributed by atoms with Crippen LogP contribution >= 0.6 is 0 Å². The summed E-state index contributed by atoms with van der Waals surface area (Å²) in [6.45, 7) is 5.15. The number of nitrogens with one attached hydrogen (secondary N) is 1. The van der Waals surface area contributed by atoms with Crippen LogP contribution in [0.4, 0.5) is 0 Å². The zero-order valence-corrected chi connectivity index (χ0v) is 17.2. The van der Waals surface area contributed by atoms with Crippen LogP contribution in [0.25, 0.3) is 17.1 Å². The fraction of sp³-hybridized carbons (Fsp3) is 0.292. The Hall–Kier alpha value is -3.25. The lowest BCUT2D eigenvalue weighted by molar-refractivity contribution is 0.246. The number of benzene rings is 2. The van der Waals surface area contributed by atoms with Gasteiger partial charge in [0.2, 0.25) is 11.7 Å². The minimum absolute atomic E-state index is 0.168. The van der Waals surface area contributed by atoms with Crippen molar-refractivity contribution in [3.63, 3.8) is 0 Å². The van der Waals surface area contributed by atoms with Crippen LogP contribution < -0.4 is 5.32 Å². The highest BCUT2D eigenvalue weighted by atomic mass is 16.5. The van der Waals surface area contributed by atoms with Gasteiger partial charge in [-0.1, -0.05) is 67.5 Å². The molecule has 0 amide bonds. The smallest absolute Gasteiger partial charge is 0.240 e. The minimum atomic E-state index is 0.168. The molecule has 0 bridgehead atoms. The van der Waals surface area contributed by atoms with Crippen LogP contribution in [-0.4, -0.2) is 19.9 Å². The van der Waals surface area contributed by atoms with Gasteiger partial charge in [-0.15, -0.1) is 0 Å². The van der Waals surface area contributed by atoms with Crippen molar-refractivity contribution in [2.45, 2.75) is 39.3 Å². The maximum absolute atomic E-state index is 5.48. The van der Waals surface area contributed by atoms with Gasteiger partial charge in [0.15, 0.2) is 0 Å². The van der Waals surface area contributed by atoms with Gasteiger partial charge < -0.3 is 9.84 Å². The lowest BCUT2D eigenvalue weighted by Crippen LogP contribution is -2.33. The zero-order valence-electron chi connectivity index (χ0n) is 17.2. The third-order valence-electron chi connectivity index (χ3n) is 5.68. The summed E-state index contributed by atoms with van der Waals surface area (Å²) >= 11 is 0. The predicted octanol–water partition coefficient (Wildman–Crippen LogP) is 4.73. The van der Waals surface area contributed by atoms with E-state index in [9.17, 15) is 0 Å². The molecule has 6 nitrogen and oxygen atoms in total. The molecule has 2 aromatic heterocycles. The largest absolute Gasteiger partial charge is 0.338 e. The van der Waals surface area contributed by atoms with Crippen LogP contribution in [0.3, 0.4) is 0 Å². The van der Waals surface area contributed by atoms with E-state index in [1.165, 1.54) is 11.3 Å². The van der Waals surface area contributed by atoms with Crippen molar-refractivity contribution in [1.29, 1.82) is 0 Å². The third kappa shape index (κ3) is 3.66. The fourth-order valence-corrected chi connectivity index (χ4v) is 4.26. The molecule has 0 spiro atoms. The Balaban J connectivity index is 1.37. The number of aromatic nitrogens is 4. The van der Waals surface area contributed by atoms with Gasteiger partial charge in [-0.3, -0.25) is 0 Å². The Morgan fingerprint density at radius 2 is 1.80 bits per heavy atom. The average molecular weight is 399 g/mol. The number of hydrogen-bond donors (Lipinski definition) is 1. The van der Waals surface area contributed by atoms with Crippen LogP contribution in [0.1, 0.15) is 43.5 Å². The van der Waals surface area contributed by atoms with Gasteiger partial charge >= 0.3 is 0 Å². The SMILES string of the molecule is CC1(C)Cc2c(cnn2-c2ccccc2)C(NCc2nc(-c3ccccc3)no2)C1. The van der Waals surface area contributed by atoms with E-state index in [1.54, 1.807) is 0 Å². The van der Waals surface area contributed by atoms with Gasteiger partial charge in [-0.05, 0) is 30.4 Å². The van der Waals surface area contributed by atoms with E-state index in [-0.39, 0.29) is 11.5 Å². The van der Waals surface area contributed by atoms with Crippen molar-refractivity contribution >= 4 is 0 Å². The summed E-state index contributed by atoms with van der Waals surface area (Å²) in [5, 5.41) is 12.5. The summed E-state index contributed by atoms with van der Waals surface area (Å²) in [5.74, 6) is 1.21. The van der Waals surface area contributed by atoms with Crippen LogP contribution in [0.2, 0.25) is 0 Å². The van der Waals surface area contributed by atoms with Gasteiger partial charge in [0, 0.05) is 22.9 Å². The average Bonchev–Trinajstić information content (AvgIpc) is 3.40. The highest BCUT2D eigenvalue weighted by Crippen LogP contribution is 2.41. The van der Waals surface area contributed by atoms with Crippen molar-refractivity contribution in [3.05, 3.63) is 84.0 Å². The Morgan fingerprint density at radius 1 is 1.07 bits per heavy atom. The first-order chi connectivity index (χ1) is 14.6. The Labute approximate surface area is 175 Å². The van der Waals surface area contributed by atoms with E-state index in [2.05, 4.69) is 46.1 Å². The first kappa shape index (κ1) is 18.8. The van der Waals surface area contributed by atoms with Crippen molar-refractivity contribution in [3.8, 4) is 17.1 Å². The number of nitrogens with zero attached hydrogens (tertiary/aromatic N) is 4. The van der Waals surface area contributed by atoms with E-state index in [0.717, 1.165) is 24.1 Å². The lowest BCUT2D eigenvalue weighted by Gasteiger charge is -2.36. The van der Waals surface area contributed by atoms with Crippen LogP contribution in [0.5, 0.6) is 0 Å². The van der Waals surface area contributed by atoms with Gasteiger partial charge in [-0.2, -0.15) is 10.1 Å². The maximum Gasteiger partial charge on any atom is 0.240 e. The molecule has 0 saturated heterocycles. The topological polar surface area (TPSA) is 68.8 Å². The van der Waals surface area contributed by atoms with E-state index in [0.29, 0.717) is 18.3 Å². The second-order valence-corrected chi connectivity index (χ2v) is 8.65.